The number of amides is 1. The summed E-state index contributed by atoms with van der Waals surface area (Å²) in [5.74, 6) is 0.390. The van der Waals surface area contributed by atoms with E-state index in [-0.39, 0.29) is 0 Å². The fourth-order valence-corrected chi connectivity index (χ4v) is 2.78. The van der Waals surface area contributed by atoms with Gasteiger partial charge in [-0.3, -0.25) is 5.32 Å². The predicted octanol–water partition coefficient (Wildman–Crippen LogP) is 3.60. The van der Waals surface area contributed by atoms with Crippen molar-refractivity contribution in [3.8, 4) is 0 Å². The van der Waals surface area contributed by atoms with Crippen molar-refractivity contribution in [3.05, 3.63) is 16.3 Å². The Morgan fingerprint density at radius 1 is 1.50 bits per heavy atom. The maximum atomic E-state index is 11.7. The second-order valence-electron chi connectivity index (χ2n) is 5.43. The van der Waals surface area contributed by atoms with Gasteiger partial charge in [0.25, 0.3) is 0 Å². The second-order valence-corrected chi connectivity index (χ2v) is 6.17. The van der Waals surface area contributed by atoms with Gasteiger partial charge in [-0.05, 0) is 38.1 Å². The van der Waals surface area contributed by atoms with Crippen molar-refractivity contribution in [2.75, 3.05) is 18.5 Å². The van der Waals surface area contributed by atoms with E-state index in [1.54, 1.807) is 11.3 Å². The minimum absolute atomic E-state index is 0.390. The lowest BCUT2D eigenvalue weighted by Crippen LogP contribution is -2.27. The van der Waals surface area contributed by atoms with E-state index < -0.39 is 11.7 Å². The highest BCUT2D eigenvalue weighted by molar-refractivity contribution is 7.08. The number of carbonyl (C=O) groups is 1. The van der Waals surface area contributed by atoms with Crippen molar-refractivity contribution in [3.63, 3.8) is 0 Å². The van der Waals surface area contributed by atoms with Crippen LogP contribution in [0.5, 0.6) is 0 Å². The summed E-state index contributed by atoms with van der Waals surface area (Å²) < 4.78 is 10.6. The van der Waals surface area contributed by atoms with Gasteiger partial charge in [0.2, 0.25) is 0 Å². The third-order valence-corrected chi connectivity index (χ3v) is 3.46. The molecule has 1 aromatic rings. The summed E-state index contributed by atoms with van der Waals surface area (Å²) in [6.45, 7) is 7.09. The van der Waals surface area contributed by atoms with Gasteiger partial charge >= 0.3 is 6.09 Å². The van der Waals surface area contributed by atoms with E-state index in [4.69, 9.17) is 9.47 Å². The Morgan fingerprint density at radius 2 is 2.28 bits per heavy atom. The zero-order valence-corrected chi connectivity index (χ0v) is 11.8. The van der Waals surface area contributed by atoms with Crippen molar-refractivity contribution in [2.45, 2.75) is 38.7 Å². The molecule has 0 radical (unpaired) electrons. The summed E-state index contributed by atoms with van der Waals surface area (Å²) in [7, 11) is 0. The van der Waals surface area contributed by atoms with Gasteiger partial charge < -0.3 is 9.47 Å². The number of rotatable bonds is 2. The van der Waals surface area contributed by atoms with Crippen molar-refractivity contribution in [2.24, 2.45) is 0 Å². The molecule has 1 atom stereocenters. The van der Waals surface area contributed by atoms with E-state index in [1.165, 1.54) is 0 Å². The average molecular weight is 269 g/mol. The molecule has 18 heavy (non-hydrogen) atoms. The highest BCUT2D eigenvalue weighted by Crippen LogP contribution is 2.33. The molecule has 1 fully saturated rings. The molecule has 1 saturated heterocycles. The molecule has 0 spiro atoms. The molecule has 1 aromatic heterocycles. The fourth-order valence-electron chi connectivity index (χ4n) is 1.92. The van der Waals surface area contributed by atoms with E-state index in [2.05, 4.69) is 10.7 Å². The molecule has 100 valence electrons. The van der Waals surface area contributed by atoms with Crippen LogP contribution < -0.4 is 5.32 Å². The second kappa shape index (κ2) is 5.28. The molecule has 0 saturated carbocycles. The lowest BCUT2D eigenvalue weighted by molar-refractivity contribution is 0.0636. The minimum atomic E-state index is -0.475. The number of ether oxygens (including phenoxy) is 2. The van der Waals surface area contributed by atoms with Crippen molar-refractivity contribution >= 4 is 23.1 Å². The fraction of sp³-hybridized carbons (Fsp3) is 0.615. The predicted molar refractivity (Wildman–Crippen MR) is 72.4 cm³/mol. The molecule has 2 heterocycles. The third kappa shape index (κ3) is 3.46. The number of nitrogens with one attached hydrogen (secondary N) is 1. The van der Waals surface area contributed by atoms with Gasteiger partial charge in [-0.25, -0.2) is 4.79 Å². The molecule has 5 heteroatoms. The first-order chi connectivity index (χ1) is 8.46. The quantitative estimate of drug-likeness (QED) is 0.892. The topological polar surface area (TPSA) is 47.6 Å². The SMILES string of the molecule is CC(C)(C)OC(=O)Nc1cscc1C1CCOC1. The van der Waals surface area contributed by atoms with Crippen LogP contribution in [0.3, 0.4) is 0 Å². The lowest BCUT2D eigenvalue weighted by atomic mass is 10.0. The van der Waals surface area contributed by atoms with Gasteiger partial charge in [0.1, 0.15) is 5.60 Å². The zero-order chi connectivity index (χ0) is 13.2. The van der Waals surface area contributed by atoms with E-state index >= 15 is 0 Å². The van der Waals surface area contributed by atoms with Crippen molar-refractivity contribution < 1.29 is 14.3 Å². The number of thiophene rings is 1. The van der Waals surface area contributed by atoms with Crippen LogP contribution in [0.25, 0.3) is 0 Å². The molecule has 1 aliphatic heterocycles. The van der Waals surface area contributed by atoms with E-state index in [1.807, 2.05) is 26.2 Å². The first-order valence-electron chi connectivity index (χ1n) is 6.09. The summed E-state index contributed by atoms with van der Waals surface area (Å²) in [6, 6.07) is 0. The Kier molecular flexibility index (Phi) is 3.92. The van der Waals surface area contributed by atoms with Crippen LogP contribution >= 0.6 is 11.3 Å². The zero-order valence-electron chi connectivity index (χ0n) is 11.0. The summed E-state index contributed by atoms with van der Waals surface area (Å²) in [4.78, 5) is 11.7. The van der Waals surface area contributed by atoms with Crippen LogP contribution in [-0.2, 0) is 9.47 Å². The van der Waals surface area contributed by atoms with Gasteiger partial charge in [0.15, 0.2) is 0 Å². The van der Waals surface area contributed by atoms with Crippen LogP contribution in [0, 0.1) is 0 Å². The van der Waals surface area contributed by atoms with Crippen LogP contribution in [0.15, 0.2) is 10.8 Å². The number of hydrogen-bond acceptors (Lipinski definition) is 4. The summed E-state index contributed by atoms with van der Waals surface area (Å²) in [6.07, 6.45) is 0.612. The standard InChI is InChI=1S/C13H19NO3S/c1-13(2,3)17-12(15)14-11-8-18-7-10(11)9-4-5-16-6-9/h7-9H,4-6H2,1-3H3,(H,14,15). The smallest absolute Gasteiger partial charge is 0.412 e. The highest BCUT2D eigenvalue weighted by Gasteiger charge is 2.23. The van der Waals surface area contributed by atoms with Gasteiger partial charge in [0, 0.05) is 17.9 Å². The molecule has 1 N–H and O–H groups in total. The van der Waals surface area contributed by atoms with Crippen LogP contribution in [0.1, 0.15) is 38.7 Å². The van der Waals surface area contributed by atoms with Gasteiger partial charge in [-0.2, -0.15) is 0 Å². The number of hydrogen-bond donors (Lipinski definition) is 1. The minimum Gasteiger partial charge on any atom is -0.444 e. The molecule has 4 nitrogen and oxygen atoms in total. The molecular formula is C13H19NO3S. The molecule has 1 unspecified atom stereocenters. The Balaban J connectivity index is 2.01. The van der Waals surface area contributed by atoms with E-state index in [0.717, 1.165) is 30.9 Å². The molecule has 0 bridgehead atoms. The molecule has 0 aliphatic carbocycles. The maximum Gasteiger partial charge on any atom is 0.412 e. The van der Waals surface area contributed by atoms with Crippen molar-refractivity contribution in [1.29, 1.82) is 0 Å². The first-order valence-corrected chi connectivity index (χ1v) is 7.04. The monoisotopic (exact) mass is 269 g/mol. The normalized spacial score (nSPS) is 19.8. The molecule has 0 aromatic carbocycles. The Hall–Kier alpha value is -1.07. The first kappa shape index (κ1) is 13.4. The van der Waals surface area contributed by atoms with E-state index in [9.17, 15) is 4.79 Å². The van der Waals surface area contributed by atoms with Crippen molar-refractivity contribution in [1.82, 2.24) is 0 Å². The summed E-state index contributed by atoms with van der Waals surface area (Å²) in [5.41, 5.74) is 1.53. The third-order valence-electron chi connectivity index (χ3n) is 2.70. The lowest BCUT2D eigenvalue weighted by Gasteiger charge is -2.20. The van der Waals surface area contributed by atoms with E-state index in [0.29, 0.717) is 5.92 Å². The Bertz CT molecular complexity index is 416. The maximum absolute atomic E-state index is 11.7. The largest absolute Gasteiger partial charge is 0.444 e. The molecule has 1 amide bonds. The summed E-state index contributed by atoms with van der Waals surface area (Å²) >= 11 is 1.59. The molecule has 2 rings (SSSR count). The van der Waals surface area contributed by atoms with Gasteiger partial charge in [-0.1, -0.05) is 0 Å². The average Bonchev–Trinajstić information content (AvgIpc) is 2.82. The van der Waals surface area contributed by atoms with Crippen LogP contribution in [0.2, 0.25) is 0 Å². The molecular weight excluding hydrogens is 250 g/mol. The van der Waals surface area contributed by atoms with Gasteiger partial charge in [-0.15, -0.1) is 11.3 Å². The number of anilines is 1. The summed E-state index contributed by atoms with van der Waals surface area (Å²) in [5, 5.41) is 6.84. The van der Waals surface area contributed by atoms with Crippen LogP contribution in [-0.4, -0.2) is 24.9 Å². The highest BCUT2D eigenvalue weighted by atomic mass is 32.1. The van der Waals surface area contributed by atoms with Crippen LogP contribution in [0.4, 0.5) is 10.5 Å². The number of carbonyl (C=O) groups excluding carboxylic acids is 1. The Morgan fingerprint density at radius 3 is 2.89 bits per heavy atom. The molecule has 1 aliphatic rings. The van der Waals surface area contributed by atoms with Gasteiger partial charge in [0.05, 0.1) is 12.3 Å². The Labute approximate surface area is 111 Å².